The number of hydrogen-bond donors (Lipinski definition) is 0. The van der Waals surface area contributed by atoms with E-state index in [2.05, 4.69) is 22.1 Å². The summed E-state index contributed by atoms with van der Waals surface area (Å²) < 4.78 is 15.2. The van der Waals surface area contributed by atoms with E-state index in [0.717, 1.165) is 17.8 Å². The molecule has 0 amide bonds. The molecule has 2 aromatic heterocycles. The quantitative estimate of drug-likeness (QED) is 0.580. The molecule has 3 rings (SSSR count). The number of hydrogen-bond acceptors (Lipinski definition) is 3. The molecule has 0 bridgehead atoms. The predicted molar refractivity (Wildman–Crippen MR) is 89.2 cm³/mol. The molecule has 23 heavy (non-hydrogen) atoms. The van der Waals surface area contributed by atoms with Crippen molar-refractivity contribution in [3.8, 4) is 0 Å². The van der Waals surface area contributed by atoms with Gasteiger partial charge in [-0.15, -0.1) is 10.2 Å². The van der Waals surface area contributed by atoms with Crippen LogP contribution in [0.25, 0.3) is 5.65 Å². The lowest BCUT2D eigenvalue weighted by atomic mass is 10.1. The minimum Gasteiger partial charge on any atom is -0.280 e. The van der Waals surface area contributed by atoms with Gasteiger partial charge in [0.05, 0.1) is 11.4 Å². The molecule has 0 aliphatic heterocycles. The van der Waals surface area contributed by atoms with Gasteiger partial charge in [-0.2, -0.15) is 0 Å². The molecule has 1 aromatic carbocycles. The number of azo groups is 1. The van der Waals surface area contributed by atoms with E-state index in [1.54, 1.807) is 10.5 Å². The molecule has 0 aliphatic carbocycles. The number of fused-ring (bicyclic) bond motifs is 1. The van der Waals surface area contributed by atoms with Gasteiger partial charge in [0.15, 0.2) is 5.82 Å². The Morgan fingerprint density at radius 3 is 2.48 bits per heavy atom. The first-order chi connectivity index (χ1) is 11.1. The summed E-state index contributed by atoms with van der Waals surface area (Å²) in [6.45, 7) is 6.18. The minimum absolute atomic E-state index is 0.175. The lowest BCUT2D eigenvalue weighted by Crippen LogP contribution is -1.88. The highest BCUT2D eigenvalue weighted by Gasteiger charge is 2.15. The van der Waals surface area contributed by atoms with Crippen molar-refractivity contribution in [1.29, 1.82) is 0 Å². The maximum Gasteiger partial charge on any atom is 0.183 e. The van der Waals surface area contributed by atoms with Gasteiger partial charge in [0.25, 0.3) is 0 Å². The molecule has 3 aromatic rings. The number of benzene rings is 1. The van der Waals surface area contributed by atoms with Crippen LogP contribution in [0.3, 0.4) is 0 Å². The number of pyridine rings is 1. The first-order valence-electron chi connectivity index (χ1n) is 7.76. The van der Waals surface area contributed by atoms with Gasteiger partial charge in [0.1, 0.15) is 11.5 Å². The largest absolute Gasteiger partial charge is 0.280 e. The molecule has 4 nitrogen and oxygen atoms in total. The van der Waals surface area contributed by atoms with E-state index in [0.29, 0.717) is 11.5 Å². The van der Waals surface area contributed by atoms with Crippen LogP contribution in [0.1, 0.15) is 37.9 Å². The lowest BCUT2D eigenvalue weighted by Gasteiger charge is -2.02. The van der Waals surface area contributed by atoms with Crippen LogP contribution >= 0.6 is 0 Å². The van der Waals surface area contributed by atoms with Crippen molar-refractivity contribution in [2.75, 3.05) is 0 Å². The molecule has 0 radical (unpaired) electrons. The molecule has 2 heterocycles. The zero-order chi connectivity index (χ0) is 16.4. The minimum atomic E-state index is -0.325. The number of rotatable bonds is 4. The van der Waals surface area contributed by atoms with Gasteiger partial charge < -0.3 is 0 Å². The van der Waals surface area contributed by atoms with Crippen LogP contribution in [0.5, 0.6) is 0 Å². The molecule has 0 N–H and O–H groups in total. The number of nitrogens with zero attached hydrogens (tertiary/aromatic N) is 4. The Morgan fingerprint density at radius 1 is 1.09 bits per heavy atom. The highest BCUT2D eigenvalue weighted by atomic mass is 19.1. The smallest absolute Gasteiger partial charge is 0.183 e. The molecule has 118 valence electrons. The number of halogens is 1. The number of imidazole rings is 1. The van der Waals surface area contributed by atoms with Crippen molar-refractivity contribution in [2.45, 2.75) is 33.1 Å². The Labute approximate surface area is 134 Å². The van der Waals surface area contributed by atoms with E-state index >= 15 is 0 Å². The van der Waals surface area contributed by atoms with Gasteiger partial charge in [0.2, 0.25) is 0 Å². The van der Waals surface area contributed by atoms with Crippen LogP contribution < -0.4 is 0 Å². The van der Waals surface area contributed by atoms with Gasteiger partial charge >= 0.3 is 0 Å². The van der Waals surface area contributed by atoms with Gasteiger partial charge in [-0.25, -0.2) is 9.37 Å². The van der Waals surface area contributed by atoms with Gasteiger partial charge in [-0.3, -0.25) is 4.40 Å². The van der Waals surface area contributed by atoms with E-state index in [1.165, 1.54) is 17.8 Å². The average Bonchev–Trinajstić information content (AvgIpc) is 2.91. The molecule has 0 aliphatic rings. The average molecular weight is 310 g/mol. The molecule has 0 spiro atoms. The normalized spacial score (nSPS) is 11.9. The first-order valence-corrected chi connectivity index (χ1v) is 7.76. The molecule has 0 unspecified atom stereocenters. The topological polar surface area (TPSA) is 42.0 Å². The highest BCUT2D eigenvalue weighted by Crippen LogP contribution is 2.29. The predicted octanol–water partition coefficient (Wildman–Crippen LogP) is 5.57. The van der Waals surface area contributed by atoms with Crippen molar-refractivity contribution < 1.29 is 4.39 Å². The van der Waals surface area contributed by atoms with Crippen LogP contribution in [0.15, 0.2) is 52.8 Å². The fourth-order valence-electron chi connectivity index (χ4n) is 2.41. The standard InChI is InChI=1S/C18H19FN4/c1-4-13-5-8-15(9-6-13)21-22-18-17(12(2)3)20-16-10-7-14(19)11-23(16)18/h5-12H,4H2,1-3H3. The summed E-state index contributed by atoms with van der Waals surface area (Å²) in [6.07, 6.45) is 2.38. The number of aromatic nitrogens is 2. The van der Waals surface area contributed by atoms with Crippen LogP contribution in [-0.2, 0) is 6.42 Å². The van der Waals surface area contributed by atoms with Crippen molar-refractivity contribution >= 4 is 17.2 Å². The zero-order valence-corrected chi connectivity index (χ0v) is 13.5. The van der Waals surface area contributed by atoms with E-state index in [4.69, 9.17) is 0 Å². The van der Waals surface area contributed by atoms with Crippen LogP contribution in [-0.4, -0.2) is 9.38 Å². The monoisotopic (exact) mass is 310 g/mol. The molecular formula is C18H19FN4. The highest BCUT2D eigenvalue weighted by molar-refractivity contribution is 5.53. The lowest BCUT2D eigenvalue weighted by molar-refractivity contribution is 0.619. The van der Waals surface area contributed by atoms with E-state index in [-0.39, 0.29) is 11.7 Å². The zero-order valence-electron chi connectivity index (χ0n) is 13.5. The summed E-state index contributed by atoms with van der Waals surface area (Å²) >= 11 is 0. The SMILES string of the molecule is CCc1ccc(N=Nc2c(C(C)C)nc3ccc(F)cn23)cc1. The van der Waals surface area contributed by atoms with Crippen LogP contribution in [0.4, 0.5) is 15.9 Å². The van der Waals surface area contributed by atoms with Crippen molar-refractivity contribution in [1.82, 2.24) is 9.38 Å². The maximum atomic E-state index is 13.6. The van der Waals surface area contributed by atoms with Gasteiger partial charge in [-0.1, -0.05) is 32.9 Å². The first kappa shape index (κ1) is 15.3. The van der Waals surface area contributed by atoms with Gasteiger partial charge in [0, 0.05) is 6.20 Å². The molecule has 0 saturated carbocycles. The fraction of sp³-hybridized carbons (Fsp3) is 0.278. The molecule has 0 fully saturated rings. The molecule has 0 atom stereocenters. The summed E-state index contributed by atoms with van der Waals surface area (Å²) in [7, 11) is 0. The summed E-state index contributed by atoms with van der Waals surface area (Å²) in [6, 6.07) is 11.0. The van der Waals surface area contributed by atoms with Crippen molar-refractivity contribution in [3.05, 3.63) is 59.7 Å². The fourth-order valence-corrected chi connectivity index (χ4v) is 2.41. The maximum absolute atomic E-state index is 13.6. The van der Waals surface area contributed by atoms with E-state index < -0.39 is 0 Å². The molecular weight excluding hydrogens is 291 g/mol. The number of aryl methyl sites for hydroxylation is 1. The summed E-state index contributed by atoms with van der Waals surface area (Å²) in [4.78, 5) is 4.54. The second-order valence-corrected chi connectivity index (χ2v) is 5.77. The Hall–Kier alpha value is -2.56. The Morgan fingerprint density at radius 2 is 1.83 bits per heavy atom. The third-order valence-electron chi connectivity index (χ3n) is 3.73. The van der Waals surface area contributed by atoms with Crippen molar-refractivity contribution in [2.24, 2.45) is 10.2 Å². The Kier molecular flexibility index (Phi) is 4.19. The van der Waals surface area contributed by atoms with Crippen LogP contribution in [0, 0.1) is 5.82 Å². The van der Waals surface area contributed by atoms with Gasteiger partial charge in [-0.05, 0) is 42.2 Å². The molecule has 0 saturated heterocycles. The second-order valence-electron chi connectivity index (χ2n) is 5.77. The van der Waals surface area contributed by atoms with Crippen LogP contribution in [0.2, 0.25) is 0 Å². The summed E-state index contributed by atoms with van der Waals surface area (Å²) in [5.74, 6) is 0.428. The Bertz CT molecular complexity index is 847. The third kappa shape index (κ3) is 3.13. The van der Waals surface area contributed by atoms with E-state index in [9.17, 15) is 4.39 Å². The van der Waals surface area contributed by atoms with E-state index in [1.807, 2.05) is 38.1 Å². The third-order valence-corrected chi connectivity index (χ3v) is 3.73. The molecule has 5 heteroatoms. The Balaban J connectivity index is 2.04. The summed E-state index contributed by atoms with van der Waals surface area (Å²) in [5.41, 5.74) is 3.50. The van der Waals surface area contributed by atoms with Crippen molar-refractivity contribution in [3.63, 3.8) is 0 Å². The summed E-state index contributed by atoms with van der Waals surface area (Å²) in [5, 5.41) is 8.63. The second kappa shape index (κ2) is 6.28.